The fourth-order valence-electron chi connectivity index (χ4n) is 2.44. The molecule has 0 unspecified atom stereocenters. The van der Waals surface area contributed by atoms with E-state index in [0.29, 0.717) is 33.8 Å². The summed E-state index contributed by atoms with van der Waals surface area (Å²) in [4.78, 5) is 8.86. The maximum Gasteiger partial charge on any atom is 0.191 e. The van der Waals surface area contributed by atoms with Crippen LogP contribution in [0, 0.1) is 0 Å². The number of rotatable bonds is 6. The van der Waals surface area contributed by atoms with Crippen molar-refractivity contribution in [1.82, 2.24) is 9.97 Å². The van der Waals surface area contributed by atoms with E-state index in [1.807, 2.05) is 12.1 Å². The first-order chi connectivity index (χ1) is 12.6. The number of aliphatic hydroxyl groups is 1. The first-order valence-electron chi connectivity index (χ1n) is 7.96. The lowest BCUT2D eigenvalue weighted by atomic mass is 10.2. The predicted octanol–water partition coefficient (Wildman–Crippen LogP) is 3.71. The van der Waals surface area contributed by atoms with E-state index in [4.69, 9.17) is 26.8 Å². The molecule has 0 radical (unpaired) electrons. The van der Waals surface area contributed by atoms with Gasteiger partial charge >= 0.3 is 0 Å². The molecule has 0 fully saturated rings. The van der Waals surface area contributed by atoms with Crippen LogP contribution in [0.5, 0.6) is 17.2 Å². The monoisotopic (exact) mass is 371 g/mol. The highest BCUT2D eigenvalue weighted by molar-refractivity contribution is 6.30. The molecule has 0 spiro atoms. The molecule has 0 aliphatic carbocycles. The molecule has 3 N–H and O–H groups in total. The minimum Gasteiger partial charge on any atom is -0.493 e. The third-order valence-electron chi connectivity index (χ3n) is 3.69. The molecule has 3 aromatic rings. The molecule has 0 atom stereocenters. The maximum absolute atomic E-state index is 9.40. The Bertz CT molecular complexity index is 901. The predicted molar refractivity (Wildman–Crippen MR) is 101 cm³/mol. The zero-order chi connectivity index (χ0) is 18.5. The number of hydrogen-bond acceptors (Lipinski definition) is 6. The van der Waals surface area contributed by atoms with Crippen LogP contribution in [-0.4, -0.2) is 28.8 Å². The number of ether oxygens (including phenoxy) is 2. The Kier molecular flexibility index (Phi) is 5.55. The zero-order valence-corrected chi connectivity index (χ0v) is 14.9. The molecular formula is C19H18ClN3O3. The van der Waals surface area contributed by atoms with Crippen LogP contribution in [0.25, 0.3) is 11.4 Å². The summed E-state index contributed by atoms with van der Waals surface area (Å²) in [6.45, 7) is -0.0984. The average molecular weight is 372 g/mol. The van der Waals surface area contributed by atoms with Crippen LogP contribution in [0.1, 0.15) is 5.69 Å². The lowest BCUT2D eigenvalue weighted by molar-refractivity contribution is 0.295. The lowest BCUT2D eigenvalue weighted by Gasteiger charge is -2.15. The molecule has 134 valence electrons. The SMILES string of the molecule is COc1ccccc1Oc1c(N)nc(-c2ccc(Cl)cc2)nc1CCO. The average Bonchev–Trinajstić information content (AvgIpc) is 2.65. The Morgan fingerprint density at radius 1 is 1.04 bits per heavy atom. The van der Waals surface area contributed by atoms with Gasteiger partial charge in [-0.05, 0) is 36.4 Å². The fraction of sp³-hybridized carbons (Fsp3) is 0.158. The van der Waals surface area contributed by atoms with E-state index in [2.05, 4.69) is 9.97 Å². The molecule has 0 saturated heterocycles. The van der Waals surface area contributed by atoms with Gasteiger partial charge in [-0.1, -0.05) is 23.7 Å². The molecule has 0 aliphatic heterocycles. The van der Waals surface area contributed by atoms with Gasteiger partial charge in [0.05, 0.1) is 12.8 Å². The van der Waals surface area contributed by atoms with Crippen molar-refractivity contribution in [3.63, 3.8) is 0 Å². The highest BCUT2D eigenvalue weighted by Gasteiger charge is 2.17. The molecule has 6 nitrogen and oxygen atoms in total. The number of aromatic nitrogens is 2. The van der Waals surface area contributed by atoms with Crippen molar-refractivity contribution < 1.29 is 14.6 Å². The first-order valence-corrected chi connectivity index (χ1v) is 8.34. The fourth-order valence-corrected chi connectivity index (χ4v) is 2.57. The van der Waals surface area contributed by atoms with E-state index in [9.17, 15) is 5.11 Å². The number of halogens is 1. The van der Waals surface area contributed by atoms with Gasteiger partial charge in [0.2, 0.25) is 0 Å². The Balaban J connectivity index is 2.03. The van der Waals surface area contributed by atoms with Crippen molar-refractivity contribution in [1.29, 1.82) is 0 Å². The normalized spacial score (nSPS) is 10.6. The highest BCUT2D eigenvalue weighted by Crippen LogP contribution is 2.36. The summed E-state index contributed by atoms with van der Waals surface area (Å²) >= 11 is 5.93. The first kappa shape index (κ1) is 18.0. The quantitative estimate of drug-likeness (QED) is 0.686. The minimum atomic E-state index is -0.0984. The summed E-state index contributed by atoms with van der Waals surface area (Å²) in [5, 5.41) is 10.0. The summed E-state index contributed by atoms with van der Waals surface area (Å²) in [5.74, 6) is 1.97. The standard InChI is InChI=1S/C19H18ClN3O3/c1-25-15-4-2-3-5-16(15)26-17-14(10-11-24)22-19(23-18(17)21)12-6-8-13(20)9-7-12/h2-9,24H,10-11H2,1H3,(H2,21,22,23). The smallest absolute Gasteiger partial charge is 0.191 e. The number of aliphatic hydroxyl groups excluding tert-OH is 1. The van der Waals surface area contributed by atoms with E-state index in [1.54, 1.807) is 43.5 Å². The third kappa shape index (κ3) is 3.87. The number of anilines is 1. The van der Waals surface area contributed by atoms with Crippen LogP contribution in [0.15, 0.2) is 48.5 Å². The Morgan fingerprint density at radius 2 is 1.73 bits per heavy atom. The largest absolute Gasteiger partial charge is 0.493 e. The van der Waals surface area contributed by atoms with E-state index in [-0.39, 0.29) is 18.8 Å². The number of benzene rings is 2. The van der Waals surface area contributed by atoms with Gasteiger partial charge in [-0.3, -0.25) is 0 Å². The highest BCUT2D eigenvalue weighted by atomic mass is 35.5. The van der Waals surface area contributed by atoms with Crippen LogP contribution < -0.4 is 15.2 Å². The van der Waals surface area contributed by atoms with Crippen LogP contribution >= 0.6 is 11.6 Å². The zero-order valence-electron chi connectivity index (χ0n) is 14.1. The number of nitrogen functional groups attached to an aromatic ring is 1. The molecule has 0 amide bonds. The van der Waals surface area contributed by atoms with Gasteiger partial charge in [-0.2, -0.15) is 0 Å². The molecule has 0 saturated carbocycles. The Labute approximate surface area is 156 Å². The summed E-state index contributed by atoms with van der Waals surface area (Å²) in [5.41, 5.74) is 7.41. The molecule has 1 aromatic heterocycles. The second-order valence-electron chi connectivity index (χ2n) is 5.44. The van der Waals surface area contributed by atoms with Crippen molar-refractivity contribution >= 4 is 17.4 Å². The van der Waals surface area contributed by atoms with E-state index in [0.717, 1.165) is 5.56 Å². The second-order valence-corrected chi connectivity index (χ2v) is 5.88. The van der Waals surface area contributed by atoms with Crippen LogP contribution in [0.4, 0.5) is 5.82 Å². The van der Waals surface area contributed by atoms with Gasteiger partial charge < -0.3 is 20.3 Å². The van der Waals surface area contributed by atoms with Crippen LogP contribution in [0.2, 0.25) is 5.02 Å². The number of methoxy groups -OCH3 is 1. The van der Waals surface area contributed by atoms with Crippen molar-refractivity contribution in [2.24, 2.45) is 0 Å². The summed E-state index contributed by atoms with van der Waals surface area (Å²) < 4.78 is 11.2. The van der Waals surface area contributed by atoms with Crippen molar-refractivity contribution in [2.45, 2.75) is 6.42 Å². The number of nitrogens with two attached hydrogens (primary N) is 1. The van der Waals surface area contributed by atoms with Crippen LogP contribution in [0.3, 0.4) is 0 Å². The summed E-state index contributed by atoms with van der Waals surface area (Å²) in [6, 6.07) is 14.3. The molecular weight excluding hydrogens is 354 g/mol. The Hall–Kier alpha value is -2.83. The lowest BCUT2D eigenvalue weighted by Crippen LogP contribution is -2.07. The second kappa shape index (κ2) is 8.03. The number of nitrogens with zero attached hydrogens (tertiary/aromatic N) is 2. The van der Waals surface area contributed by atoms with Gasteiger partial charge in [0.25, 0.3) is 0 Å². The Morgan fingerprint density at radius 3 is 2.38 bits per heavy atom. The summed E-state index contributed by atoms with van der Waals surface area (Å²) in [7, 11) is 1.56. The van der Waals surface area contributed by atoms with E-state index in [1.165, 1.54) is 0 Å². The third-order valence-corrected chi connectivity index (χ3v) is 3.95. The van der Waals surface area contributed by atoms with Crippen LogP contribution in [-0.2, 0) is 6.42 Å². The maximum atomic E-state index is 9.40. The van der Waals surface area contributed by atoms with Gasteiger partial charge in [0.1, 0.15) is 0 Å². The van der Waals surface area contributed by atoms with Gasteiger partial charge in [0.15, 0.2) is 28.9 Å². The molecule has 26 heavy (non-hydrogen) atoms. The molecule has 3 rings (SSSR count). The van der Waals surface area contributed by atoms with Gasteiger partial charge in [-0.15, -0.1) is 0 Å². The molecule has 1 heterocycles. The molecule has 0 aliphatic rings. The van der Waals surface area contributed by atoms with E-state index < -0.39 is 0 Å². The summed E-state index contributed by atoms with van der Waals surface area (Å²) in [6.07, 6.45) is 0.276. The molecule has 2 aromatic carbocycles. The topological polar surface area (TPSA) is 90.5 Å². The molecule has 0 bridgehead atoms. The number of para-hydroxylation sites is 2. The minimum absolute atomic E-state index is 0.0984. The van der Waals surface area contributed by atoms with Gasteiger partial charge in [-0.25, -0.2) is 9.97 Å². The molecule has 7 heteroatoms. The number of hydrogen-bond donors (Lipinski definition) is 2. The van der Waals surface area contributed by atoms with E-state index >= 15 is 0 Å². The van der Waals surface area contributed by atoms with Gasteiger partial charge in [0, 0.05) is 23.6 Å². The van der Waals surface area contributed by atoms with Crippen molar-refractivity contribution in [2.75, 3.05) is 19.5 Å². The van der Waals surface area contributed by atoms with Crippen molar-refractivity contribution in [3.05, 3.63) is 59.2 Å². The van der Waals surface area contributed by atoms with Crippen molar-refractivity contribution in [3.8, 4) is 28.6 Å².